The van der Waals surface area contributed by atoms with E-state index >= 15 is 0 Å². The Labute approximate surface area is 268 Å². The lowest BCUT2D eigenvalue weighted by Crippen LogP contribution is -2.07. The highest BCUT2D eigenvalue weighted by Gasteiger charge is 2.26. The highest BCUT2D eigenvalue weighted by atomic mass is 16.5. The van der Waals surface area contributed by atoms with Crippen molar-refractivity contribution in [2.45, 2.75) is 13.3 Å². The molecule has 7 aromatic rings. The van der Waals surface area contributed by atoms with E-state index in [2.05, 4.69) is 134 Å². The molecule has 216 valence electrons. The van der Waals surface area contributed by atoms with Gasteiger partial charge in [-0.25, -0.2) is 0 Å². The van der Waals surface area contributed by atoms with Crippen molar-refractivity contribution < 1.29 is 4.74 Å². The summed E-state index contributed by atoms with van der Waals surface area (Å²) in [4.78, 5) is 0. The third-order valence-corrected chi connectivity index (χ3v) is 9.59. The average molecular weight is 588 g/mol. The molecule has 46 heavy (non-hydrogen) atoms. The Morgan fingerprint density at radius 3 is 2.11 bits per heavy atom. The first-order valence-electron chi connectivity index (χ1n) is 15.9. The zero-order valence-corrected chi connectivity index (χ0v) is 25.4. The number of allylic oxidation sites excluding steroid dienone is 1. The zero-order chi connectivity index (χ0) is 30.8. The molecule has 0 fully saturated rings. The van der Waals surface area contributed by atoms with Gasteiger partial charge in [0.1, 0.15) is 11.5 Å². The lowest BCUT2D eigenvalue weighted by atomic mass is 9.83. The van der Waals surface area contributed by atoms with Gasteiger partial charge in [-0.2, -0.15) is 5.26 Å². The van der Waals surface area contributed by atoms with Gasteiger partial charge in [-0.15, -0.1) is 0 Å². The van der Waals surface area contributed by atoms with Gasteiger partial charge < -0.3 is 4.74 Å². The minimum absolute atomic E-state index is 0.537. The van der Waals surface area contributed by atoms with Crippen LogP contribution < -0.4 is 4.74 Å². The summed E-state index contributed by atoms with van der Waals surface area (Å²) in [6.45, 7) is 2.29. The maximum Gasteiger partial charge on any atom is 0.143 e. The van der Waals surface area contributed by atoms with Crippen molar-refractivity contribution in [2.75, 3.05) is 0 Å². The number of nitriles is 1. The summed E-state index contributed by atoms with van der Waals surface area (Å²) in [7, 11) is 0. The molecule has 0 bridgehead atoms. The number of hydrogen-bond acceptors (Lipinski definition) is 2. The van der Waals surface area contributed by atoms with Crippen molar-refractivity contribution >= 4 is 27.6 Å². The molecule has 2 aliphatic rings. The molecule has 0 spiro atoms. The Balaban J connectivity index is 1.10. The second kappa shape index (κ2) is 10.3. The monoisotopic (exact) mass is 587 g/mol. The first-order chi connectivity index (χ1) is 22.6. The molecule has 9 rings (SSSR count). The van der Waals surface area contributed by atoms with Crippen LogP contribution in [0.4, 0.5) is 0 Å². The molecule has 2 nitrogen and oxygen atoms in total. The van der Waals surface area contributed by atoms with Gasteiger partial charge >= 0.3 is 0 Å². The summed E-state index contributed by atoms with van der Waals surface area (Å²) in [5.41, 5.74) is 12.4. The molecule has 1 heterocycles. The highest BCUT2D eigenvalue weighted by molar-refractivity contribution is 6.08. The van der Waals surface area contributed by atoms with E-state index < -0.39 is 0 Å². The van der Waals surface area contributed by atoms with Gasteiger partial charge in [0.2, 0.25) is 0 Å². The Kier molecular flexibility index (Phi) is 5.95. The number of hydrogen-bond donors (Lipinski definition) is 0. The lowest BCUT2D eigenvalue weighted by molar-refractivity contribution is 0.488. The van der Waals surface area contributed by atoms with Crippen molar-refractivity contribution in [1.29, 1.82) is 5.26 Å². The summed E-state index contributed by atoms with van der Waals surface area (Å²) in [6.07, 6.45) is 5.62. The van der Waals surface area contributed by atoms with Crippen molar-refractivity contribution in [2.24, 2.45) is 5.92 Å². The van der Waals surface area contributed by atoms with Crippen molar-refractivity contribution in [3.63, 3.8) is 0 Å². The molecule has 1 aliphatic heterocycles. The zero-order valence-electron chi connectivity index (χ0n) is 25.4. The van der Waals surface area contributed by atoms with Gasteiger partial charge in [-0.1, -0.05) is 110 Å². The van der Waals surface area contributed by atoms with Crippen LogP contribution in [0.2, 0.25) is 0 Å². The predicted molar refractivity (Wildman–Crippen MR) is 190 cm³/mol. The third kappa shape index (κ3) is 4.25. The Hall–Kier alpha value is -5.91. The number of nitrogens with zero attached hydrogens (tertiary/aromatic N) is 1. The molecule has 0 radical (unpaired) electrons. The van der Waals surface area contributed by atoms with Gasteiger partial charge in [0.15, 0.2) is 0 Å². The SMILES string of the molecule is CC1C=Cc2cc3c4c(cccc4c2C1)-c1cccc(-c2ccc4cc(-c5cccc(-c6cccc(C#N)c6)c5)ccc4c2)c1O3. The van der Waals surface area contributed by atoms with Crippen molar-refractivity contribution in [3.05, 3.63) is 150 Å². The van der Waals surface area contributed by atoms with Crippen molar-refractivity contribution in [3.8, 4) is 62.1 Å². The molecular formula is C44H29NO. The normalized spacial score (nSPS) is 14.4. The fourth-order valence-corrected chi connectivity index (χ4v) is 7.30. The third-order valence-electron chi connectivity index (χ3n) is 9.59. The van der Waals surface area contributed by atoms with Crippen LogP contribution in [0.15, 0.2) is 133 Å². The number of para-hydroxylation sites is 1. The van der Waals surface area contributed by atoms with Crippen LogP contribution in [0.1, 0.15) is 23.6 Å². The maximum atomic E-state index is 9.35. The van der Waals surface area contributed by atoms with E-state index in [1.165, 1.54) is 38.2 Å². The van der Waals surface area contributed by atoms with Gasteiger partial charge in [0.25, 0.3) is 0 Å². The Morgan fingerprint density at radius 2 is 1.28 bits per heavy atom. The fourth-order valence-electron chi connectivity index (χ4n) is 7.30. The summed E-state index contributed by atoms with van der Waals surface area (Å²) in [5, 5.41) is 14.2. The van der Waals surface area contributed by atoms with Crippen LogP contribution >= 0.6 is 0 Å². The van der Waals surface area contributed by atoms with Crippen LogP contribution in [0.3, 0.4) is 0 Å². The minimum Gasteiger partial charge on any atom is -0.455 e. The number of benzene rings is 7. The van der Waals surface area contributed by atoms with E-state index in [0.29, 0.717) is 11.5 Å². The lowest BCUT2D eigenvalue weighted by Gasteiger charge is -2.27. The molecule has 1 unspecified atom stereocenters. The van der Waals surface area contributed by atoms with Gasteiger partial charge in [0.05, 0.1) is 11.6 Å². The number of ether oxygens (including phenoxy) is 1. The van der Waals surface area contributed by atoms with E-state index in [-0.39, 0.29) is 0 Å². The molecule has 7 aromatic carbocycles. The second-order valence-corrected chi connectivity index (χ2v) is 12.5. The summed E-state index contributed by atoms with van der Waals surface area (Å²) < 4.78 is 6.83. The Bertz CT molecular complexity index is 2460. The number of fused-ring (bicyclic) bond motifs is 5. The van der Waals surface area contributed by atoms with E-state index in [0.717, 1.165) is 56.9 Å². The number of rotatable bonds is 3. The van der Waals surface area contributed by atoms with Crippen LogP contribution in [0, 0.1) is 17.2 Å². The van der Waals surface area contributed by atoms with E-state index in [4.69, 9.17) is 4.74 Å². The molecule has 0 aromatic heterocycles. The first-order valence-corrected chi connectivity index (χ1v) is 15.9. The maximum absolute atomic E-state index is 9.35. The van der Waals surface area contributed by atoms with Gasteiger partial charge in [-0.05, 0) is 109 Å². The van der Waals surface area contributed by atoms with Gasteiger partial charge in [0, 0.05) is 16.5 Å². The van der Waals surface area contributed by atoms with Crippen LogP contribution in [-0.2, 0) is 6.42 Å². The van der Waals surface area contributed by atoms with Crippen LogP contribution in [0.5, 0.6) is 11.5 Å². The standard InChI is InChI=1S/C44H29NO/c1-27-14-15-36-25-42-43-38(11-5-12-39(43)41(36)20-27)40-13-4-10-37(44(40)46-42)35-19-18-33-23-32(16-17-34(33)24-35)31-9-3-8-30(22-31)29-7-2-6-28(21-29)26-45/h2-19,21-25,27H,20H2,1H3. The molecule has 1 atom stereocenters. The highest BCUT2D eigenvalue weighted by Crippen LogP contribution is 2.52. The molecule has 1 aliphatic carbocycles. The topological polar surface area (TPSA) is 33.0 Å². The summed E-state index contributed by atoms with van der Waals surface area (Å²) >= 11 is 0. The second-order valence-electron chi connectivity index (χ2n) is 12.5. The minimum atomic E-state index is 0.537. The van der Waals surface area contributed by atoms with E-state index in [1.807, 2.05) is 18.2 Å². The summed E-state index contributed by atoms with van der Waals surface area (Å²) in [6, 6.07) is 47.4. The van der Waals surface area contributed by atoms with E-state index in [1.54, 1.807) is 0 Å². The Morgan fingerprint density at radius 1 is 0.630 bits per heavy atom. The van der Waals surface area contributed by atoms with Crippen molar-refractivity contribution in [1.82, 2.24) is 0 Å². The molecular weight excluding hydrogens is 558 g/mol. The molecule has 0 saturated carbocycles. The fraction of sp³-hybridized carbons (Fsp3) is 0.0682. The molecule has 2 heteroatoms. The van der Waals surface area contributed by atoms with E-state index in [9.17, 15) is 5.26 Å². The largest absolute Gasteiger partial charge is 0.455 e. The molecule has 0 saturated heterocycles. The van der Waals surface area contributed by atoms with Gasteiger partial charge in [-0.3, -0.25) is 0 Å². The molecule has 0 amide bonds. The van der Waals surface area contributed by atoms with Crippen LogP contribution in [0.25, 0.3) is 72.1 Å². The molecule has 0 N–H and O–H groups in total. The smallest absolute Gasteiger partial charge is 0.143 e. The van der Waals surface area contributed by atoms with Crippen LogP contribution in [-0.4, -0.2) is 0 Å². The first kappa shape index (κ1) is 26.5. The summed E-state index contributed by atoms with van der Waals surface area (Å²) in [5.74, 6) is 2.40. The average Bonchev–Trinajstić information content (AvgIpc) is 3.11. The predicted octanol–water partition coefficient (Wildman–Crippen LogP) is 11.8. The quantitative estimate of drug-likeness (QED) is 0.206.